The number of ketones is 1. The van der Waals surface area contributed by atoms with Crippen LogP contribution in [0.25, 0.3) is 0 Å². The number of nitrogens with two attached hydrogens (primary N) is 1. The number of amidine groups is 1. The standard InChI is InChI=1S/C24H26BrFN4O4/c1-2-34-23(32)17-5-3-15(4-6-17)14-28-24(33)30-11-9-16(10-12-30)21(31)22(27)29-18-7-8-20(26)19(25)13-18/h3-8,13,16H,2,9-12,14H2,1H3,(H2,27,29)(H,28,33). The molecule has 34 heavy (non-hydrogen) atoms. The average Bonchev–Trinajstić information content (AvgIpc) is 2.85. The fourth-order valence-electron chi connectivity index (χ4n) is 3.57. The highest BCUT2D eigenvalue weighted by molar-refractivity contribution is 9.10. The Labute approximate surface area is 205 Å². The zero-order valence-corrected chi connectivity index (χ0v) is 20.3. The maximum Gasteiger partial charge on any atom is 0.338 e. The normalized spacial score (nSPS) is 14.6. The van der Waals surface area contributed by atoms with E-state index >= 15 is 0 Å². The molecule has 0 aliphatic carbocycles. The molecule has 2 aromatic carbocycles. The highest BCUT2D eigenvalue weighted by Crippen LogP contribution is 2.23. The molecule has 1 aliphatic heterocycles. The summed E-state index contributed by atoms with van der Waals surface area (Å²) in [6.45, 7) is 3.20. The number of halogens is 2. The van der Waals surface area contributed by atoms with Gasteiger partial charge in [-0.2, -0.15) is 0 Å². The van der Waals surface area contributed by atoms with Gasteiger partial charge in [-0.15, -0.1) is 0 Å². The number of ether oxygens (including phenoxy) is 1. The van der Waals surface area contributed by atoms with Crippen molar-refractivity contribution in [3.63, 3.8) is 0 Å². The molecule has 3 rings (SSSR count). The van der Waals surface area contributed by atoms with Crippen LogP contribution < -0.4 is 11.1 Å². The van der Waals surface area contributed by atoms with Gasteiger partial charge in [0.25, 0.3) is 0 Å². The van der Waals surface area contributed by atoms with Crippen molar-refractivity contribution in [1.29, 1.82) is 0 Å². The Hall–Kier alpha value is -3.27. The fourth-order valence-corrected chi connectivity index (χ4v) is 3.93. The lowest BCUT2D eigenvalue weighted by Crippen LogP contribution is -2.46. The third-order valence-electron chi connectivity index (χ3n) is 5.47. The largest absolute Gasteiger partial charge is 0.462 e. The number of hydrogen-bond donors (Lipinski definition) is 2. The molecule has 0 spiro atoms. The third-order valence-corrected chi connectivity index (χ3v) is 6.07. The summed E-state index contributed by atoms with van der Waals surface area (Å²) in [5, 5.41) is 2.85. The van der Waals surface area contributed by atoms with E-state index < -0.39 is 5.82 Å². The Morgan fingerprint density at radius 1 is 1.18 bits per heavy atom. The first kappa shape index (κ1) is 25.4. The van der Waals surface area contributed by atoms with Crippen molar-refractivity contribution in [2.45, 2.75) is 26.3 Å². The van der Waals surface area contributed by atoms with E-state index in [0.29, 0.717) is 50.3 Å². The maximum absolute atomic E-state index is 13.4. The van der Waals surface area contributed by atoms with Gasteiger partial charge in [0.15, 0.2) is 5.84 Å². The van der Waals surface area contributed by atoms with E-state index in [1.165, 1.54) is 18.2 Å². The molecule has 0 bridgehead atoms. The predicted octanol–water partition coefficient (Wildman–Crippen LogP) is 3.94. The maximum atomic E-state index is 13.4. The summed E-state index contributed by atoms with van der Waals surface area (Å²) < 4.78 is 18.6. The van der Waals surface area contributed by atoms with Crippen LogP contribution in [0.1, 0.15) is 35.7 Å². The first-order chi connectivity index (χ1) is 16.3. The van der Waals surface area contributed by atoms with Crippen LogP contribution >= 0.6 is 15.9 Å². The van der Waals surface area contributed by atoms with E-state index in [9.17, 15) is 18.8 Å². The van der Waals surface area contributed by atoms with Crippen LogP contribution in [-0.2, 0) is 16.1 Å². The molecule has 0 unspecified atom stereocenters. The van der Waals surface area contributed by atoms with E-state index in [1.54, 1.807) is 36.1 Å². The van der Waals surface area contributed by atoms with Gasteiger partial charge in [0.2, 0.25) is 5.78 Å². The number of nitrogens with one attached hydrogen (secondary N) is 1. The van der Waals surface area contributed by atoms with Crippen LogP contribution in [0.15, 0.2) is 51.9 Å². The van der Waals surface area contributed by atoms with Crippen LogP contribution in [0.4, 0.5) is 14.9 Å². The van der Waals surface area contributed by atoms with E-state index in [0.717, 1.165) is 5.56 Å². The van der Waals surface area contributed by atoms with Crippen molar-refractivity contribution in [2.75, 3.05) is 19.7 Å². The molecular weight excluding hydrogens is 507 g/mol. The molecule has 180 valence electrons. The van der Waals surface area contributed by atoms with Crippen molar-refractivity contribution < 1.29 is 23.5 Å². The number of esters is 1. The number of hydrogen-bond acceptors (Lipinski definition) is 5. The summed E-state index contributed by atoms with van der Waals surface area (Å²) in [5.41, 5.74) is 7.58. The second kappa shape index (κ2) is 11.7. The number of piperidine rings is 1. The molecule has 10 heteroatoms. The monoisotopic (exact) mass is 532 g/mol. The van der Waals surface area contributed by atoms with Crippen molar-refractivity contribution in [2.24, 2.45) is 16.6 Å². The Bertz CT molecular complexity index is 1080. The topological polar surface area (TPSA) is 114 Å². The van der Waals surface area contributed by atoms with Crippen LogP contribution in [0.3, 0.4) is 0 Å². The van der Waals surface area contributed by atoms with Crippen LogP contribution in [0, 0.1) is 11.7 Å². The Kier molecular flexibility index (Phi) is 8.75. The van der Waals surface area contributed by atoms with E-state index in [4.69, 9.17) is 10.5 Å². The number of likely N-dealkylation sites (tertiary alicyclic amines) is 1. The number of aliphatic imine (C=N–C) groups is 1. The van der Waals surface area contributed by atoms with Crippen LogP contribution in [-0.4, -0.2) is 48.2 Å². The molecule has 8 nitrogen and oxygen atoms in total. The van der Waals surface area contributed by atoms with Gasteiger partial charge in [-0.25, -0.2) is 19.0 Å². The van der Waals surface area contributed by atoms with Gasteiger partial charge < -0.3 is 20.7 Å². The molecule has 1 saturated heterocycles. The molecule has 2 aromatic rings. The summed E-state index contributed by atoms with van der Waals surface area (Å²) in [7, 11) is 0. The summed E-state index contributed by atoms with van der Waals surface area (Å²) in [6, 6.07) is 10.8. The molecule has 0 atom stereocenters. The molecule has 1 aliphatic rings. The van der Waals surface area contributed by atoms with Crippen molar-refractivity contribution in [1.82, 2.24) is 10.2 Å². The minimum atomic E-state index is -0.428. The second-order valence-corrected chi connectivity index (χ2v) is 8.65. The quantitative estimate of drug-likeness (QED) is 0.318. The van der Waals surface area contributed by atoms with Gasteiger partial charge in [0.05, 0.1) is 22.3 Å². The third kappa shape index (κ3) is 6.63. The first-order valence-electron chi connectivity index (χ1n) is 10.9. The molecule has 0 saturated carbocycles. The Morgan fingerprint density at radius 2 is 1.85 bits per heavy atom. The van der Waals surface area contributed by atoms with Crippen LogP contribution in [0.2, 0.25) is 0 Å². The van der Waals surface area contributed by atoms with Crippen molar-refractivity contribution >= 4 is 45.2 Å². The number of amides is 2. The SMILES string of the molecule is CCOC(=O)c1ccc(CNC(=O)N2CCC(C(=O)C(N)=Nc3ccc(F)c(Br)c3)CC2)cc1. The number of Topliss-reactive ketones (excluding diaryl/α,β-unsaturated/α-hetero) is 1. The Morgan fingerprint density at radius 3 is 2.47 bits per heavy atom. The van der Waals surface area contributed by atoms with E-state index in [1.807, 2.05) is 0 Å². The minimum absolute atomic E-state index is 0.132. The number of carbonyl (C=O) groups is 3. The van der Waals surface area contributed by atoms with E-state index in [2.05, 4.69) is 26.2 Å². The highest BCUT2D eigenvalue weighted by atomic mass is 79.9. The molecular formula is C24H26BrFN4O4. The Balaban J connectivity index is 1.47. The molecule has 3 N–H and O–H groups in total. The number of rotatable bonds is 7. The number of carbonyl (C=O) groups excluding carboxylic acids is 3. The highest BCUT2D eigenvalue weighted by Gasteiger charge is 2.29. The van der Waals surface area contributed by atoms with Gasteiger partial charge in [0.1, 0.15) is 5.82 Å². The smallest absolute Gasteiger partial charge is 0.338 e. The number of urea groups is 1. The summed E-state index contributed by atoms with van der Waals surface area (Å²) in [6.07, 6.45) is 0.952. The second-order valence-electron chi connectivity index (χ2n) is 7.80. The van der Waals surface area contributed by atoms with Gasteiger partial charge in [0, 0.05) is 25.6 Å². The van der Waals surface area contributed by atoms with Gasteiger partial charge >= 0.3 is 12.0 Å². The van der Waals surface area contributed by atoms with Gasteiger partial charge in [-0.05, 0) is 71.6 Å². The average molecular weight is 533 g/mol. The van der Waals surface area contributed by atoms with Crippen LogP contribution in [0.5, 0.6) is 0 Å². The molecule has 2 amide bonds. The van der Waals surface area contributed by atoms with Crippen molar-refractivity contribution in [3.8, 4) is 0 Å². The predicted molar refractivity (Wildman–Crippen MR) is 129 cm³/mol. The number of nitrogens with zero attached hydrogens (tertiary/aromatic N) is 2. The first-order valence-corrected chi connectivity index (χ1v) is 11.7. The lowest BCUT2D eigenvalue weighted by molar-refractivity contribution is -0.117. The fraction of sp³-hybridized carbons (Fsp3) is 0.333. The summed E-state index contributed by atoms with van der Waals surface area (Å²) in [4.78, 5) is 42.6. The summed E-state index contributed by atoms with van der Waals surface area (Å²) >= 11 is 3.08. The van der Waals surface area contributed by atoms with Gasteiger partial charge in [-0.3, -0.25) is 4.79 Å². The molecule has 1 fully saturated rings. The lowest BCUT2D eigenvalue weighted by atomic mass is 9.92. The van der Waals surface area contributed by atoms with E-state index in [-0.39, 0.29) is 34.0 Å². The molecule has 1 heterocycles. The molecule has 0 radical (unpaired) electrons. The van der Waals surface area contributed by atoms with Gasteiger partial charge in [-0.1, -0.05) is 12.1 Å². The zero-order chi connectivity index (χ0) is 24.7. The minimum Gasteiger partial charge on any atom is -0.462 e. The zero-order valence-electron chi connectivity index (χ0n) is 18.7. The van der Waals surface area contributed by atoms with Crippen molar-refractivity contribution in [3.05, 3.63) is 63.9 Å². The number of benzene rings is 2. The lowest BCUT2D eigenvalue weighted by Gasteiger charge is -2.31. The summed E-state index contributed by atoms with van der Waals surface area (Å²) in [5.74, 6) is -1.54. The molecule has 0 aromatic heterocycles.